The lowest BCUT2D eigenvalue weighted by atomic mass is 10.1. The molecule has 7 rings (SSSR count). The molecule has 2 atom stereocenters. The summed E-state index contributed by atoms with van der Waals surface area (Å²) < 4.78 is 1.92. The van der Waals surface area contributed by atoms with Gasteiger partial charge >= 0.3 is 6.03 Å². The van der Waals surface area contributed by atoms with Gasteiger partial charge in [-0.2, -0.15) is 0 Å². The summed E-state index contributed by atoms with van der Waals surface area (Å²) >= 11 is 6.06. The van der Waals surface area contributed by atoms with Gasteiger partial charge in [0.1, 0.15) is 24.5 Å². The van der Waals surface area contributed by atoms with Crippen molar-refractivity contribution in [3.8, 4) is 0 Å². The minimum absolute atomic E-state index is 0.00774. The number of hydrogen-bond acceptors (Lipinski definition) is 8. The van der Waals surface area contributed by atoms with Crippen LogP contribution in [0, 0.1) is 5.92 Å². The molecule has 41 heavy (non-hydrogen) atoms. The molecule has 3 fully saturated rings. The third kappa shape index (κ3) is 4.95. The molecule has 13 heteroatoms. The van der Waals surface area contributed by atoms with Crippen molar-refractivity contribution in [1.82, 2.24) is 29.2 Å². The number of urea groups is 1. The number of amides is 4. The first kappa shape index (κ1) is 25.4. The second-order valence-electron chi connectivity index (χ2n) is 10.7. The maximum absolute atomic E-state index is 12.8. The summed E-state index contributed by atoms with van der Waals surface area (Å²) in [5, 5.41) is 6.71. The zero-order valence-corrected chi connectivity index (χ0v) is 22.9. The molecule has 2 aliphatic carbocycles. The lowest BCUT2D eigenvalue weighted by Gasteiger charge is -2.17. The zero-order chi connectivity index (χ0) is 28.2. The highest BCUT2D eigenvalue weighted by atomic mass is 35.5. The normalized spacial score (nSPS) is 20.1. The van der Waals surface area contributed by atoms with Gasteiger partial charge in [0, 0.05) is 54.3 Å². The highest BCUT2D eigenvalue weighted by molar-refractivity contribution is 6.30. The van der Waals surface area contributed by atoms with Crippen LogP contribution in [0.2, 0.25) is 5.02 Å². The maximum atomic E-state index is 12.8. The van der Waals surface area contributed by atoms with Crippen molar-refractivity contribution < 1.29 is 14.4 Å². The number of imidazole rings is 1. The average molecular weight is 572 g/mol. The summed E-state index contributed by atoms with van der Waals surface area (Å²) in [4.78, 5) is 58.0. The fourth-order valence-corrected chi connectivity index (χ4v) is 5.39. The van der Waals surface area contributed by atoms with E-state index >= 15 is 0 Å². The molecule has 0 spiro atoms. The Balaban J connectivity index is 1.05. The number of rotatable bonds is 8. The van der Waals surface area contributed by atoms with E-state index in [2.05, 4.69) is 25.6 Å². The van der Waals surface area contributed by atoms with Gasteiger partial charge in [0.05, 0.1) is 17.9 Å². The Hall–Kier alpha value is -4.58. The van der Waals surface area contributed by atoms with Crippen molar-refractivity contribution in [2.24, 2.45) is 5.92 Å². The molecular formula is C28H26ClN9O3. The second-order valence-corrected chi connectivity index (χ2v) is 11.1. The van der Waals surface area contributed by atoms with Crippen LogP contribution in [0.1, 0.15) is 48.0 Å². The summed E-state index contributed by atoms with van der Waals surface area (Å²) in [7, 11) is 1.49. The Morgan fingerprint density at radius 1 is 1.10 bits per heavy atom. The fourth-order valence-electron chi connectivity index (χ4n) is 5.22. The second kappa shape index (κ2) is 9.81. The summed E-state index contributed by atoms with van der Waals surface area (Å²) in [6, 6.07) is 6.80. The number of likely N-dealkylation sites (N-methyl/N-ethyl adjacent to an activating group) is 1. The van der Waals surface area contributed by atoms with Crippen LogP contribution in [-0.2, 0) is 16.1 Å². The Morgan fingerprint density at radius 2 is 1.93 bits per heavy atom. The van der Waals surface area contributed by atoms with E-state index in [4.69, 9.17) is 16.6 Å². The van der Waals surface area contributed by atoms with Crippen molar-refractivity contribution in [3.05, 3.63) is 71.2 Å². The van der Waals surface area contributed by atoms with Gasteiger partial charge in [-0.05, 0) is 48.9 Å². The molecule has 208 valence electrons. The predicted molar refractivity (Wildman–Crippen MR) is 151 cm³/mol. The zero-order valence-electron chi connectivity index (χ0n) is 22.1. The predicted octanol–water partition coefficient (Wildman–Crippen LogP) is 3.80. The largest absolute Gasteiger partial charge is 0.364 e. The fraction of sp³-hybridized carbons (Fsp3) is 0.321. The minimum atomic E-state index is -0.357. The van der Waals surface area contributed by atoms with E-state index in [0.717, 1.165) is 34.7 Å². The van der Waals surface area contributed by atoms with Crippen molar-refractivity contribution in [3.63, 3.8) is 0 Å². The van der Waals surface area contributed by atoms with E-state index in [1.54, 1.807) is 24.4 Å². The van der Waals surface area contributed by atoms with Crippen LogP contribution in [0.15, 0.2) is 49.2 Å². The van der Waals surface area contributed by atoms with Crippen molar-refractivity contribution in [2.75, 3.05) is 29.1 Å². The van der Waals surface area contributed by atoms with E-state index in [1.165, 1.54) is 18.3 Å². The van der Waals surface area contributed by atoms with Gasteiger partial charge in [0.25, 0.3) is 0 Å². The molecule has 1 aliphatic heterocycles. The van der Waals surface area contributed by atoms with Crippen LogP contribution < -0.4 is 15.5 Å². The van der Waals surface area contributed by atoms with Crippen LogP contribution in [0.3, 0.4) is 0 Å². The highest BCUT2D eigenvalue weighted by Gasteiger charge is 2.45. The molecule has 4 aromatic rings. The van der Waals surface area contributed by atoms with E-state index < -0.39 is 0 Å². The van der Waals surface area contributed by atoms with E-state index in [-0.39, 0.29) is 36.2 Å². The number of imide groups is 1. The third-order valence-corrected chi connectivity index (χ3v) is 7.98. The minimum Gasteiger partial charge on any atom is -0.364 e. The standard InChI is InChI=1S/C28H26ClN9O3/c1-36-25(39)13-38(28(36)41)22-6-16(15-2-3-15)11-37-12-18(34-26(22)37)10-31-23-9-24(33-14-32-23)35-27(40)20-8-19(20)21-7-17(29)4-5-30-21/h4-7,9,11-12,14-15,19-20H,2-3,8,10,13H2,1H3,(H2,31,32,33,35,40)/t19-,20-/m1/s1. The smallest absolute Gasteiger partial charge is 0.331 e. The van der Waals surface area contributed by atoms with Crippen molar-refractivity contribution in [1.29, 1.82) is 0 Å². The van der Waals surface area contributed by atoms with Crippen LogP contribution in [0.4, 0.5) is 22.1 Å². The van der Waals surface area contributed by atoms with Crippen LogP contribution in [-0.4, -0.2) is 60.7 Å². The molecule has 3 aliphatic rings. The number of nitrogens with one attached hydrogen (secondary N) is 2. The van der Waals surface area contributed by atoms with Crippen LogP contribution in [0.25, 0.3) is 5.65 Å². The average Bonchev–Trinajstić information content (AvgIpc) is 3.89. The summed E-state index contributed by atoms with van der Waals surface area (Å²) in [6.07, 6.45) is 9.90. The molecular weight excluding hydrogens is 546 g/mol. The highest BCUT2D eigenvalue weighted by Crippen LogP contribution is 2.47. The van der Waals surface area contributed by atoms with Gasteiger partial charge in [-0.15, -0.1) is 0 Å². The van der Waals surface area contributed by atoms with Crippen molar-refractivity contribution >= 4 is 52.4 Å². The van der Waals surface area contributed by atoms with Crippen LogP contribution >= 0.6 is 11.6 Å². The number of carbonyl (C=O) groups excluding carboxylic acids is 3. The Morgan fingerprint density at radius 3 is 2.68 bits per heavy atom. The topological polar surface area (TPSA) is 138 Å². The number of aromatic nitrogens is 5. The Bertz CT molecular complexity index is 1720. The molecule has 2 saturated carbocycles. The molecule has 1 saturated heterocycles. The number of pyridine rings is 2. The summed E-state index contributed by atoms with van der Waals surface area (Å²) in [5.41, 5.74) is 3.90. The molecule has 4 aromatic heterocycles. The molecule has 0 bridgehead atoms. The first-order valence-corrected chi connectivity index (χ1v) is 13.8. The number of anilines is 3. The third-order valence-electron chi connectivity index (χ3n) is 7.75. The molecule has 0 radical (unpaired) electrons. The number of hydrogen-bond donors (Lipinski definition) is 2. The Labute approximate surface area is 239 Å². The van der Waals surface area contributed by atoms with Gasteiger partial charge < -0.3 is 15.0 Å². The number of nitrogens with zero attached hydrogens (tertiary/aromatic N) is 7. The van der Waals surface area contributed by atoms with Gasteiger partial charge in [0.2, 0.25) is 11.8 Å². The summed E-state index contributed by atoms with van der Waals surface area (Å²) in [6.45, 7) is 0.342. The molecule has 2 N–H and O–H groups in total. The first-order chi connectivity index (χ1) is 19.8. The molecule has 0 unspecified atom stereocenters. The summed E-state index contributed by atoms with van der Waals surface area (Å²) in [5.74, 6) is 0.864. The molecule has 4 amide bonds. The molecule has 5 heterocycles. The number of halogens is 1. The number of fused-ring (bicyclic) bond motifs is 1. The van der Waals surface area contributed by atoms with Gasteiger partial charge in [0.15, 0.2) is 5.65 Å². The monoisotopic (exact) mass is 571 g/mol. The SMILES string of the molecule is CN1C(=O)CN(c2cc(C3CC3)cn3cc(CNc4cc(NC(=O)[C@@H]5C[C@H]5c5cc(Cl)ccn5)ncn4)nc23)C1=O. The lowest BCUT2D eigenvalue weighted by molar-refractivity contribution is -0.124. The molecule has 0 aromatic carbocycles. The van der Waals surface area contributed by atoms with E-state index in [1.807, 2.05) is 22.9 Å². The van der Waals surface area contributed by atoms with Crippen LogP contribution in [0.5, 0.6) is 0 Å². The Kier molecular flexibility index (Phi) is 6.07. The van der Waals surface area contributed by atoms with Gasteiger partial charge in [-0.25, -0.2) is 19.7 Å². The van der Waals surface area contributed by atoms with Crippen molar-refractivity contribution in [2.45, 2.75) is 37.6 Å². The molecule has 12 nitrogen and oxygen atoms in total. The van der Waals surface area contributed by atoms with E-state index in [9.17, 15) is 14.4 Å². The number of carbonyl (C=O) groups is 3. The maximum Gasteiger partial charge on any atom is 0.331 e. The lowest BCUT2D eigenvalue weighted by Crippen LogP contribution is -2.30. The van der Waals surface area contributed by atoms with Gasteiger partial charge in [-0.3, -0.25) is 24.4 Å². The first-order valence-electron chi connectivity index (χ1n) is 13.4. The van der Waals surface area contributed by atoms with E-state index in [0.29, 0.717) is 46.9 Å². The van der Waals surface area contributed by atoms with Gasteiger partial charge in [-0.1, -0.05) is 11.6 Å². The quantitative estimate of drug-likeness (QED) is 0.305.